The molecule has 0 unspecified atom stereocenters. The Morgan fingerprint density at radius 2 is 2.11 bits per heavy atom. The van der Waals surface area contributed by atoms with Crippen LogP contribution in [0.1, 0.15) is 6.92 Å². The smallest absolute Gasteiger partial charge is 0.410 e. The van der Waals surface area contributed by atoms with E-state index in [4.69, 9.17) is 4.74 Å². The molecular weight excluding hydrogens is 250 g/mol. The quantitative estimate of drug-likeness (QED) is 0.604. The molecule has 0 atom stereocenters. The van der Waals surface area contributed by atoms with E-state index in [0.717, 1.165) is 0 Å². The van der Waals surface area contributed by atoms with Gasteiger partial charge in [0.15, 0.2) is 0 Å². The third kappa shape index (κ3) is 2.95. The van der Waals surface area contributed by atoms with Gasteiger partial charge in [0.05, 0.1) is 11.5 Å². The van der Waals surface area contributed by atoms with Crippen molar-refractivity contribution < 1.29 is 14.5 Å². The fourth-order valence-electron chi connectivity index (χ4n) is 1.51. The van der Waals surface area contributed by atoms with Crippen LogP contribution in [0.5, 0.6) is 5.75 Å². The number of rotatable bonds is 2. The molecule has 0 spiro atoms. The largest absolute Gasteiger partial charge is 0.420 e. The average molecular weight is 261 g/mol. The highest BCUT2D eigenvalue weighted by atomic mass is 16.6. The minimum atomic E-state index is -0.570. The van der Waals surface area contributed by atoms with Crippen LogP contribution in [0.15, 0.2) is 41.5 Å². The molecule has 7 heteroatoms. The molecule has 2 rings (SSSR count). The molecule has 1 aliphatic heterocycles. The number of aliphatic imine (C=N–C) groups is 1. The van der Waals surface area contributed by atoms with E-state index >= 15 is 0 Å². The van der Waals surface area contributed by atoms with Gasteiger partial charge in [-0.25, -0.2) is 9.79 Å². The number of hydrogen-bond donors (Lipinski definition) is 0. The van der Waals surface area contributed by atoms with Gasteiger partial charge in [0.1, 0.15) is 11.6 Å². The van der Waals surface area contributed by atoms with E-state index in [0.29, 0.717) is 12.4 Å². The molecule has 1 amide bonds. The van der Waals surface area contributed by atoms with Crippen LogP contribution in [0.3, 0.4) is 0 Å². The van der Waals surface area contributed by atoms with E-state index in [1.54, 1.807) is 19.2 Å². The Bertz CT molecular complexity index is 563. The second-order valence-corrected chi connectivity index (χ2v) is 3.79. The lowest BCUT2D eigenvalue weighted by Gasteiger charge is -2.21. The monoisotopic (exact) mass is 261 g/mol. The maximum Gasteiger partial charge on any atom is 0.420 e. The fourth-order valence-corrected chi connectivity index (χ4v) is 1.51. The van der Waals surface area contributed by atoms with Crippen molar-refractivity contribution in [1.82, 2.24) is 4.90 Å². The zero-order valence-corrected chi connectivity index (χ0v) is 10.1. The van der Waals surface area contributed by atoms with Gasteiger partial charge in [0.25, 0.3) is 5.69 Å². The van der Waals surface area contributed by atoms with Gasteiger partial charge in [0.2, 0.25) is 0 Å². The van der Waals surface area contributed by atoms with Crippen LogP contribution in [-0.2, 0) is 0 Å². The SMILES string of the molecule is CC1=NC=CCN1C(=O)Oc1ccc([N+](=O)[O-])cc1. The van der Waals surface area contributed by atoms with Crippen molar-refractivity contribution in [2.24, 2.45) is 4.99 Å². The number of amidine groups is 1. The molecule has 1 aromatic carbocycles. The number of non-ortho nitro benzene ring substituents is 1. The summed E-state index contributed by atoms with van der Waals surface area (Å²) in [6.45, 7) is 2.09. The van der Waals surface area contributed by atoms with E-state index in [1.807, 2.05) is 0 Å². The van der Waals surface area contributed by atoms with Gasteiger partial charge in [-0.05, 0) is 25.1 Å². The Kier molecular flexibility index (Phi) is 3.56. The Morgan fingerprint density at radius 1 is 1.42 bits per heavy atom. The van der Waals surface area contributed by atoms with Gasteiger partial charge < -0.3 is 4.74 Å². The van der Waals surface area contributed by atoms with Crippen LogP contribution in [0, 0.1) is 10.1 Å². The summed E-state index contributed by atoms with van der Waals surface area (Å²) in [5.74, 6) is 0.785. The van der Waals surface area contributed by atoms with Gasteiger partial charge in [-0.15, -0.1) is 0 Å². The lowest BCUT2D eigenvalue weighted by atomic mass is 10.3. The van der Waals surface area contributed by atoms with E-state index in [1.165, 1.54) is 29.2 Å². The maximum atomic E-state index is 11.9. The first kappa shape index (κ1) is 12.7. The standard InChI is InChI=1S/C12H11N3O4/c1-9-13-7-2-8-14(9)12(16)19-11-5-3-10(4-6-11)15(17)18/h2-7H,8H2,1H3. The summed E-state index contributed by atoms with van der Waals surface area (Å²) in [5, 5.41) is 10.5. The van der Waals surface area contributed by atoms with Gasteiger partial charge in [0, 0.05) is 18.3 Å². The zero-order valence-electron chi connectivity index (χ0n) is 10.1. The summed E-state index contributed by atoms with van der Waals surface area (Å²) in [6, 6.07) is 5.31. The molecule has 0 aromatic heterocycles. The maximum absolute atomic E-state index is 11.9. The summed E-state index contributed by atoms with van der Waals surface area (Å²) in [4.78, 5) is 27.2. The van der Waals surface area contributed by atoms with Crippen LogP contribution in [0.4, 0.5) is 10.5 Å². The summed E-state index contributed by atoms with van der Waals surface area (Å²) in [7, 11) is 0. The summed E-state index contributed by atoms with van der Waals surface area (Å²) in [5.41, 5.74) is -0.0570. The van der Waals surface area contributed by atoms with E-state index in [2.05, 4.69) is 4.99 Å². The molecule has 19 heavy (non-hydrogen) atoms. The predicted molar refractivity (Wildman–Crippen MR) is 68.1 cm³/mol. The summed E-state index contributed by atoms with van der Waals surface area (Å²) in [6.07, 6.45) is 2.77. The van der Waals surface area contributed by atoms with Gasteiger partial charge >= 0.3 is 6.09 Å². The number of ether oxygens (including phenoxy) is 1. The van der Waals surface area contributed by atoms with Gasteiger partial charge in [-0.1, -0.05) is 0 Å². The fraction of sp³-hybridized carbons (Fsp3) is 0.167. The third-order valence-corrected chi connectivity index (χ3v) is 2.52. The molecule has 1 aromatic rings. The lowest BCUT2D eigenvalue weighted by Crippen LogP contribution is -2.38. The average Bonchev–Trinajstić information content (AvgIpc) is 2.39. The van der Waals surface area contributed by atoms with Crippen molar-refractivity contribution in [2.45, 2.75) is 6.92 Å². The Hall–Kier alpha value is -2.70. The van der Waals surface area contributed by atoms with E-state index in [9.17, 15) is 14.9 Å². The molecule has 7 nitrogen and oxygen atoms in total. The molecule has 0 N–H and O–H groups in total. The Morgan fingerprint density at radius 3 is 2.68 bits per heavy atom. The van der Waals surface area contributed by atoms with Crippen molar-refractivity contribution in [3.8, 4) is 5.75 Å². The van der Waals surface area contributed by atoms with Crippen molar-refractivity contribution >= 4 is 17.6 Å². The van der Waals surface area contributed by atoms with Gasteiger partial charge in [-0.2, -0.15) is 0 Å². The molecule has 0 saturated heterocycles. The topological polar surface area (TPSA) is 85.0 Å². The van der Waals surface area contributed by atoms with Crippen LogP contribution in [-0.4, -0.2) is 28.3 Å². The first-order chi connectivity index (χ1) is 9.08. The second-order valence-electron chi connectivity index (χ2n) is 3.79. The van der Waals surface area contributed by atoms with Crippen LogP contribution in [0.25, 0.3) is 0 Å². The minimum Gasteiger partial charge on any atom is -0.410 e. The van der Waals surface area contributed by atoms with Crippen molar-refractivity contribution in [3.05, 3.63) is 46.7 Å². The molecular formula is C12H11N3O4. The number of hydrogen-bond acceptors (Lipinski definition) is 5. The molecule has 0 fully saturated rings. The first-order valence-corrected chi connectivity index (χ1v) is 5.51. The highest BCUT2D eigenvalue weighted by Gasteiger charge is 2.19. The predicted octanol–water partition coefficient (Wildman–Crippen LogP) is 2.34. The number of amides is 1. The van der Waals surface area contributed by atoms with Crippen molar-refractivity contribution in [2.75, 3.05) is 6.54 Å². The summed E-state index contributed by atoms with van der Waals surface area (Å²) >= 11 is 0. The molecule has 1 heterocycles. The summed E-state index contributed by atoms with van der Waals surface area (Å²) < 4.78 is 5.11. The lowest BCUT2D eigenvalue weighted by molar-refractivity contribution is -0.384. The normalized spacial score (nSPS) is 13.9. The van der Waals surface area contributed by atoms with E-state index < -0.39 is 11.0 Å². The first-order valence-electron chi connectivity index (χ1n) is 5.51. The third-order valence-electron chi connectivity index (χ3n) is 2.52. The number of benzene rings is 1. The Balaban J connectivity index is 2.05. The van der Waals surface area contributed by atoms with Crippen molar-refractivity contribution in [1.29, 1.82) is 0 Å². The van der Waals surface area contributed by atoms with Crippen LogP contribution < -0.4 is 4.74 Å². The van der Waals surface area contributed by atoms with Crippen molar-refractivity contribution in [3.63, 3.8) is 0 Å². The number of nitrogens with zero attached hydrogens (tertiary/aromatic N) is 3. The molecule has 1 aliphatic rings. The highest BCUT2D eigenvalue weighted by molar-refractivity contribution is 5.95. The zero-order chi connectivity index (χ0) is 13.8. The van der Waals surface area contributed by atoms with Crippen LogP contribution >= 0.6 is 0 Å². The molecule has 0 aliphatic carbocycles. The minimum absolute atomic E-state index is 0.0570. The number of nitro benzene ring substituents is 1. The highest BCUT2D eigenvalue weighted by Crippen LogP contribution is 2.18. The molecule has 0 bridgehead atoms. The van der Waals surface area contributed by atoms with Crippen LogP contribution in [0.2, 0.25) is 0 Å². The molecule has 0 radical (unpaired) electrons. The number of carbonyl (C=O) groups excluding carboxylic acids is 1. The number of carbonyl (C=O) groups is 1. The van der Waals surface area contributed by atoms with Gasteiger partial charge in [-0.3, -0.25) is 15.0 Å². The second kappa shape index (κ2) is 5.30. The molecule has 98 valence electrons. The van der Waals surface area contributed by atoms with E-state index in [-0.39, 0.29) is 11.4 Å². The number of nitro groups is 1. The Labute approximate surface area is 109 Å². The molecule has 0 saturated carbocycles.